The molecule has 0 aliphatic carbocycles. The molecule has 0 radical (unpaired) electrons. The molecule has 0 fully saturated rings. The van der Waals surface area contributed by atoms with Crippen molar-refractivity contribution in [3.8, 4) is 0 Å². The molecule has 100 valence electrons. The number of amides is 1. The SMILES string of the molecule is CC(C)CC(CN)CC(=O)Nc1ccncc1Br. The van der Waals surface area contributed by atoms with Crippen LogP contribution in [0.25, 0.3) is 0 Å². The minimum Gasteiger partial charge on any atom is -0.330 e. The van der Waals surface area contributed by atoms with E-state index in [1.54, 1.807) is 18.5 Å². The summed E-state index contributed by atoms with van der Waals surface area (Å²) >= 11 is 3.35. The smallest absolute Gasteiger partial charge is 0.224 e. The van der Waals surface area contributed by atoms with Crippen molar-refractivity contribution in [2.75, 3.05) is 11.9 Å². The summed E-state index contributed by atoms with van der Waals surface area (Å²) in [5, 5.41) is 2.87. The molecule has 1 heterocycles. The zero-order chi connectivity index (χ0) is 13.5. The van der Waals surface area contributed by atoms with Crippen molar-refractivity contribution in [3.63, 3.8) is 0 Å². The first kappa shape index (κ1) is 15.1. The van der Waals surface area contributed by atoms with Crippen molar-refractivity contribution in [1.82, 2.24) is 4.98 Å². The Balaban J connectivity index is 2.53. The second kappa shape index (κ2) is 7.48. The van der Waals surface area contributed by atoms with Gasteiger partial charge in [0, 0.05) is 18.8 Å². The molecule has 0 saturated carbocycles. The number of aromatic nitrogens is 1. The quantitative estimate of drug-likeness (QED) is 0.848. The molecule has 1 unspecified atom stereocenters. The summed E-state index contributed by atoms with van der Waals surface area (Å²) < 4.78 is 0.784. The first-order chi connectivity index (χ1) is 8.52. The van der Waals surface area contributed by atoms with Gasteiger partial charge in [0.25, 0.3) is 0 Å². The molecule has 1 rings (SSSR count). The summed E-state index contributed by atoms with van der Waals surface area (Å²) in [7, 11) is 0. The Bertz CT molecular complexity index is 396. The van der Waals surface area contributed by atoms with Crippen LogP contribution in [0.5, 0.6) is 0 Å². The number of pyridine rings is 1. The van der Waals surface area contributed by atoms with Gasteiger partial charge in [-0.05, 0) is 46.8 Å². The van der Waals surface area contributed by atoms with E-state index >= 15 is 0 Å². The summed E-state index contributed by atoms with van der Waals surface area (Å²) in [5.41, 5.74) is 6.44. The lowest BCUT2D eigenvalue weighted by atomic mass is 9.94. The molecule has 0 aliphatic heterocycles. The summed E-state index contributed by atoms with van der Waals surface area (Å²) in [6.45, 7) is 4.82. The third-order valence-corrected chi connectivity index (χ3v) is 3.29. The zero-order valence-corrected chi connectivity index (χ0v) is 12.4. The minimum absolute atomic E-state index is 0.00185. The summed E-state index contributed by atoms with van der Waals surface area (Å²) in [6.07, 6.45) is 4.74. The summed E-state index contributed by atoms with van der Waals surface area (Å²) in [4.78, 5) is 15.9. The number of hydrogen-bond donors (Lipinski definition) is 2. The van der Waals surface area contributed by atoms with Crippen molar-refractivity contribution in [3.05, 3.63) is 22.9 Å². The van der Waals surface area contributed by atoms with E-state index in [1.165, 1.54) is 0 Å². The number of halogens is 1. The lowest BCUT2D eigenvalue weighted by Crippen LogP contribution is -2.23. The van der Waals surface area contributed by atoms with Crippen LogP contribution < -0.4 is 11.1 Å². The monoisotopic (exact) mass is 313 g/mol. The van der Waals surface area contributed by atoms with Gasteiger partial charge in [0.05, 0.1) is 10.2 Å². The molecule has 0 aromatic carbocycles. The molecule has 1 aromatic heterocycles. The van der Waals surface area contributed by atoms with Crippen molar-refractivity contribution in [2.24, 2.45) is 17.6 Å². The van der Waals surface area contributed by atoms with Crippen molar-refractivity contribution >= 4 is 27.5 Å². The van der Waals surface area contributed by atoms with E-state index in [0.29, 0.717) is 18.9 Å². The van der Waals surface area contributed by atoms with E-state index < -0.39 is 0 Å². The number of anilines is 1. The summed E-state index contributed by atoms with van der Waals surface area (Å²) in [5.74, 6) is 0.794. The van der Waals surface area contributed by atoms with E-state index in [4.69, 9.17) is 5.73 Å². The molecular weight excluding hydrogens is 294 g/mol. The van der Waals surface area contributed by atoms with Crippen LogP contribution in [-0.2, 0) is 4.79 Å². The Kier molecular flexibility index (Phi) is 6.29. The van der Waals surface area contributed by atoms with Crippen LogP contribution in [0.2, 0.25) is 0 Å². The Morgan fingerprint density at radius 1 is 1.56 bits per heavy atom. The maximum Gasteiger partial charge on any atom is 0.224 e. The zero-order valence-electron chi connectivity index (χ0n) is 10.8. The highest BCUT2D eigenvalue weighted by atomic mass is 79.9. The second-order valence-corrected chi connectivity index (χ2v) is 5.69. The van der Waals surface area contributed by atoms with Gasteiger partial charge in [-0.2, -0.15) is 0 Å². The summed E-state index contributed by atoms with van der Waals surface area (Å²) in [6, 6.07) is 1.77. The van der Waals surface area contributed by atoms with Crippen LogP contribution in [-0.4, -0.2) is 17.4 Å². The molecule has 0 spiro atoms. The number of rotatable bonds is 6. The Labute approximate surface area is 116 Å². The van der Waals surface area contributed by atoms with Crippen LogP contribution in [0.4, 0.5) is 5.69 Å². The van der Waals surface area contributed by atoms with Crippen molar-refractivity contribution < 1.29 is 4.79 Å². The highest BCUT2D eigenvalue weighted by Crippen LogP contribution is 2.21. The average Bonchev–Trinajstić information content (AvgIpc) is 2.30. The molecule has 4 nitrogen and oxygen atoms in total. The fraction of sp³-hybridized carbons (Fsp3) is 0.538. The standard InChI is InChI=1S/C13H20BrN3O/c1-9(2)5-10(7-15)6-13(18)17-12-3-4-16-8-11(12)14/h3-4,8-10H,5-7,15H2,1-2H3,(H,16,17,18). The number of nitrogens with one attached hydrogen (secondary N) is 1. The molecule has 1 amide bonds. The van der Waals surface area contributed by atoms with E-state index in [0.717, 1.165) is 16.6 Å². The number of hydrogen-bond acceptors (Lipinski definition) is 3. The molecular formula is C13H20BrN3O. The molecule has 5 heteroatoms. The predicted molar refractivity (Wildman–Crippen MR) is 77.2 cm³/mol. The predicted octanol–water partition coefficient (Wildman–Crippen LogP) is 2.79. The van der Waals surface area contributed by atoms with Gasteiger partial charge >= 0.3 is 0 Å². The lowest BCUT2D eigenvalue weighted by Gasteiger charge is -2.16. The average molecular weight is 314 g/mol. The maximum absolute atomic E-state index is 11.9. The van der Waals surface area contributed by atoms with Gasteiger partial charge in [0.1, 0.15) is 0 Å². The number of carbonyl (C=O) groups is 1. The first-order valence-electron chi connectivity index (χ1n) is 6.12. The van der Waals surface area contributed by atoms with Crippen LogP contribution in [0.3, 0.4) is 0 Å². The van der Waals surface area contributed by atoms with E-state index in [9.17, 15) is 4.79 Å². The van der Waals surface area contributed by atoms with Gasteiger partial charge in [-0.15, -0.1) is 0 Å². The lowest BCUT2D eigenvalue weighted by molar-refractivity contribution is -0.117. The topological polar surface area (TPSA) is 68.0 Å². The molecule has 1 atom stereocenters. The Morgan fingerprint density at radius 2 is 2.28 bits per heavy atom. The van der Waals surface area contributed by atoms with Crippen molar-refractivity contribution in [1.29, 1.82) is 0 Å². The molecule has 0 aliphatic rings. The molecule has 0 saturated heterocycles. The van der Waals surface area contributed by atoms with E-state index in [1.807, 2.05) is 0 Å². The minimum atomic E-state index is -0.00185. The third kappa shape index (κ3) is 5.14. The maximum atomic E-state index is 11.9. The van der Waals surface area contributed by atoms with Gasteiger partial charge in [0.15, 0.2) is 0 Å². The highest BCUT2D eigenvalue weighted by molar-refractivity contribution is 9.10. The van der Waals surface area contributed by atoms with E-state index in [-0.39, 0.29) is 11.8 Å². The normalized spacial score (nSPS) is 12.5. The third-order valence-electron chi connectivity index (χ3n) is 2.66. The highest BCUT2D eigenvalue weighted by Gasteiger charge is 2.14. The molecule has 18 heavy (non-hydrogen) atoms. The second-order valence-electron chi connectivity index (χ2n) is 4.84. The fourth-order valence-electron chi connectivity index (χ4n) is 1.87. The van der Waals surface area contributed by atoms with Gasteiger partial charge in [0.2, 0.25) is 5.91 Å². The fourth-order valence-corrected chi connectivity index (χ4v) is 2.22. The first-order valence-corrected chi connectivity index (χ1v) is 6.91. The number of nitrogens with two attached hydrogens (primary N) is 1. The Hall–Kier alpha value is -0.940. The van der Waals surface area contributed by atoms with Crippen LogP contribution in [0.15, 0.2) is 22.9 Å². The Morgan fingerprint density at radius 3 is 2.83 bits per heavy atom. The largest absolute Gasteiger partial charge is 0.330 e. The van der Waals surface area contributed by atoms with Gasteiger partial charge in [-0.25, -0.2) is 0 Å². The van der Waals surface area contributed by atoms with Gasteiger partial charge in [-0.3, -0.25) is 9.78 Å². The number of nitrogens with zero attached hydrogens (tertiary/aromatic N) is 1. The molecule has 0 bridgehead atoms. The van der Waals surface area contributed by atoms with Gasteiger partial charge < -0.3 is 11.1 Å². The van der Waals surface area contributed by atoms with Crippen LogP contribution in [0.1, 0.15) is 26.7 Å². The van der Waals surface area contributed by atoms with Crippen molar-refractivity contribution in [2.45, 2.75) is 26.7 Å². The van der Waals surface area contributed by atoms with Crippen LogP contribution in [0, 0.1) is 11.8 Å². The van der Waals surface area contributed by atoms with E-state index in [2.05, 4.69) is 40.1 Å². The molecule has 3 N–H and O–H groups in total. The van der Waals surface area contributed by atoms with Gasteiger partial charge in [-0.1, -0.05) is 13.8 Å². The number of carbonyl (C=O) groups excluding carboxylic acids is 1. The van der Waals surface area contributed by atoms with Crippen LogP contribution >= 0.6 is 15.9 Å². The molecule has 1 aromatic rings.